The van der Waals surface area contributed by atoms with E-state index in [1.54, 1.807) is 31.2 Å². The highest BCUT2D eigenvalue weighted by molar-refractivity contribution is 6.02. The van der Waals surface area contributed by atoms with Gasteiger partial charge >= 0.3 is 5.97 Å². The van der Waals surface area contributed by atoms with E-state index in [1.165, 1.54) is 17.4 Å². The van der Waals surface area contributed by atoms with Crippen molar-refractivity contribution >= 4 is 29.2 Å². The zero-order valence-corrected chi connectivity index (χ0v) is 17.4. The quantitative estimate of drug-likeness (QED) is 0.673. The SMILES string of the molecule is CCOC(=O)c1ccccc1N(CCC(=O)Nc1ccc(C(C)C)cc1)C(C)=O. The molecule has 0 radical (unpaired) electrons. The van der Waals surface area contributed by atoms with Crippen molar-refractivity contribution in [1.82, 2.24) is 0 Å². The van der Waals surface area contributed by atoms with Gasteiger partial charge in [-0.15, -0.1) is 0 Å². The summed E-state index contributed by atoms with van der Waals surface area (Å²) in [6.45, 7) is 7.74. The maximum Gasteiger partial charge on any atom is 0.340 e. The first-order valence-electron chi connectivity index (χ1n) is 9.77. The number of esters is 1. The fourth-order valence-electron chi connectivity index (χ4n) is 2.93. The van der Waals surface area contributed by atoms with Crippen LogP contribution in [0, 0.1) is 0 Å². The van der Waals surface area contributed by atoms with E-state index in [-0.39, 0.29) is 31.4 Å². The van der Waals surface area contributed by atoms with Gasteiger partial charge in [-0.2, -0.15) is 0 Å². The van der Waals surface area contributed by atoms with Crippen LogP contribution in [0.15, 0.2) is 48.5 Å². The molecule has 0 unspecified atom stereocenters. The number of hydrogen-bond donors (Lipinski definition) is 1. The largest absolute Gasteiger partial charge is 0.462 e. The Morgan fingerprint density at radius 2 is 1.69 bits per heavy atom. The normalized spacial score (nSPS) is 10.5. The van der Waals surface area contributed by atoms with Crippen LogP contribution in [0.1, 0.15) is 56.0 Å². The number of carbonyl (C=O) groups excluding carboxylic acids is 3. The lowest BCUT2D eigenvalue weighted by Gasteiger charge is -2.23. The van der Waals surface area contributed by atoms with Crippen molar-refractivity contribution in [3.8, 4) is 0 Å². The highest BCUT2D eigenvalue weighted by Gasteiger charge is 2.20. The third kappa shape index (κ3) is 6.17. The van der Waals surface area contributed by atoms with E-state index in [4.69, 9.17) is 4.74 Å². The first kappa shape index (κ1) is 22.1. The van der Waals surface area contributed by atoms with Crippen LogP contribution in [0.5, 0.6) is 0 Å². The van der Waals surface area contributed by atoms with Crippen LogP contribution in [0.3, 0.4) is 0 Å². The molecule has 2 rings (SSSR count). The van der Waals surface area contributed by atoms with Crippen molar-refractivity contribution in [1.29, 1.82) is 0 Å². The fourth-order valence-corrected chi connectivity index (χ4v) is 2.93. The Kier molecular flexibility index (Phi) is 7.95. The Morgan fingerprint density at radius 1 is 1.03 bits per heavy atom. The van der Waals surface area contributed by atoms with E-state index < -0.39 is 5.97 Å². The van der Waals surface area contributed by atoms with Crippen LogP contribution in [0.2, 0.25) is 0 Å². The number of nitrogens with one attached hydrogen (secondary N) is 1. The van der Waals surface area contributed by atoms with Gasteiger partial charge < -0.3 is 15.0 Å². The van der Waals surface area contributed by atoms with Gasteiger partial charge in [-0.3, -0.25) is 9.59 Å². The maximum absolute atomic E-state index is 12.4. The lowest BCUT2D eigenvalue weighted by molar-refractivity contribution is -0.117. The average molecular weight is 396 g/mol. The number of ether oxygens (including phenoxy) is 1. The van der Waals surface area contributed by atoms with Crippen LogP contribution in [-0.2, 0) is 14.3 Å². The van der Waals surface area contributed by atoms with E-state index in [0.717, 1.165) is 0 Å². The second kappa shape index (κ2) is 10.4. The summed E-state index contributed by atoms with van der Waals surface area (Å²) in [4.78, 5) is 38.2. The molecule has 0 fully saturated rings. The molecular weight excluding hydrogens is 368 g/mol. The minimum absolute atomic E-state index is 0.0999. The molecule has 0 aliphatic heterocycles. The van der Waals surface area contributed by atoms with Crippen molar-refractivity contribution in [2.75, 3.05) is 23.4 Å². The summed E-state index contributed by atoms with van der Waals surface area (Å²) < 4.78 is 5.07. The topological polar surface area (TPSA) is 75.7 Å². The lowest BCUT2D eigenvalue weighted by Crippen LogP contribution is -2.33. The number of carbonyl (C=O) groups is 3. The second-order valence-electron chi connectivity index (χ2n) is 6.98. The summed E-state index contributed by atoms with van der Waals surface area (Å²) in [7, 11) is 0. The van der Waals surface area contributed by atoms with Crippen molar-refractivity contribution in [2.24, 2.45) is 0 Å². The third-order valence-corrected chi connectivity index (χ3v) is 4.49. The van der Waals surface area contributed by atoms with E-state index in [2.05, 4.69) is 19.2 Å². The van der Waals surface area contributed by atoms with Crippen molar-refractivity contribution in [2.45, 2.75) is 40.0 Å². The Labute approximate surface area is 171 Å². The summed E-state index contributed by atoms with van der Waals surface area (Å²) in [5.74, 6) is -0.537. The smallest absolute Gasteiger partial charge is 0.340 e. The fraction of sp³-hybridized carbons (Fsp3) is 0.348. The summed E-state index contributed by atoms with van der Waals surface area (Å²) in [6.07, 6.45) is 0.0999. The lowest BCUT2D eigenvalue weighted by atomic mass is 10.0. The Bertz CT molecular complexity index is 859. The molecule has 154 valence electrons. The summed E-state index contributed by atoms with van der Waals surface area (Å²) in [5, 5.41) is 2.84. The standard InChI is InChI=1S/C23H28N2O4/c1-5-29-23(28)20-8-6-7-9-21(20)25(17(4)26)15-14-22(27)24-19-12-10-18(11-13-19)16(2)3/h6-13,16H,5,14-15H2,1-4H3,(H,24,27). The van der Waals surface area contributed by atoms with Crippen molar-refractivity contribution in [3.05, 3.63) is 59.7 Å². The van der Waals surface area contributed by atoms with Gasteiger partial charge in [0.15, 0.2) is 0 Å². The number of rotatable bonds is 8. The van der Waals surface area contributed by atoms with Gasteiger partial charge in [-0.05, 0) is 42.7 Å². The Hall–Kier alpha value is -3.15. The molecule has 0 atom stereocenters. The van der Waals surface area contributed by atoms with Gasteiger partial charge in [-0.25, -0.2) is 4.79 Å². The first-order chi connectivity index (χ1) is 13.8. The summed E-state index contributed by atoms with van der Waals surface area (Å²) in [6, 6.07) is 14.4. The van der Waals surface area contributed by atoms with Crippen LogP contribution in [-0.4, -0.2) is 30.9 Å². The number of amides is 2. The minimum Gasteiger partial charge on any atom is -0.462 e. The Balaban J connectivity index is 2.07. The zero-order chi connectivity index (χ0) is 21.4. The van der Waals surface area contributed by atoms with Gasteiger partial charge in [0.25, 0.3) is 0 Å². The molecule has 0 aliphatic carbocycles. The minimum atomic E-state index is -0.496. The van der Waals surface area contributed by atoms with Crippen LogP contribution in [0.4, 0.5) is 11.4 Å². The molecule has 0 bridgehead atoms. The molecule has 6 nitrogen and oxygen atoms in total. The maximum atomic E-state index is 12.4. The summed E-state index contributed by atoms with van der Waals surface area (Å²) >= 11 is 0. The van der Waals surface area contributed by atoms with Crippen LogP contribution >= 0.6 is 0 Å². The zero-order valence-electron chi connectivity index (χ0n) is 17.4. The molecule has 2 amide bonds. The van der Waals surface area contributed by atoms with Gasteiger partial charge in [0.05, 0.1) is 17.9 Å². The number of para-hydroxylation sites is 1. The molecule has 0 aromatic heterocycles. The number of anilines is 2. The highest BCUT2D eigenvalue weighted by Crippen LogP contribution is 2.22. The Morgan fingerprint density at radius 3 is 2.28 bits per heavy atom. The van der Waals surface area contributed by atoms with Crippen molar-refractivity contribution in [3.63, 3.8) is 0 Å². The molecular formula is C23H28N2O4. The molecule has 1 N–H and O–H groups in total. The first-order valence-corrected chi connectivity index (χ1v) is 9.77. The molecule has 29 heavy (non-hydrogen) atoms. The van der Waals surface area contributed by atoms with Gasteiger partial charge in [0.2, 0.25) is 11.8 Å². The molecule has 2 aromatic carbocycles. The van der Waals surface area contributed by atoms with Gasteiger partial charge in [0, 0.05) is 25.6 Å². The monoisotopic (exact) mass is 396 g/mol. The predicted molar refractivity (Wildman–Crippen MR) is 114 cm³/mol. The van der Waals surface area contributed by atoms with Gasteiger partial charge in [-0.1, -0.05) is 38.1 Å². The predicted octanol–water partition coefficient (Wildman–Crippen LogP) is 4.37. The molecule has 0 spiro atoms. The molecule has 0 saturated heterocycles. The number of hydrogen-bond acceptors (Lipinski definition) is 4. The molecule has 2 aromatic rings. The van der Waals surface area contributed by atoms with E-state index >= 15 is 0 Å². The second-order valence-corrected chi connectivity index (χ2v) is 6.98. The molecule has 0 saturated carbocycles. The molecule has 0 heterocycles. The van der Waals surface area contributed by atoms with E-state index in [1.807, 2.05) is 24.3 Å². The van der Waals surface area contributed by atoms with Crippen molar-refractivity contribution < 1.29 is 19.1 Å². The average Bonchev–Trinajstić information content (AvgIpc) is 2.68. The molecule has 6 heteroatoms. The van der Waals surface area contributed by atoms with E-state index in [9.17, 15) is 14.4 Å². The number of nitrogens with zero attached hydrogens (tertiary/aromatic N) is 1. The highest BCUT2D eigenvalue weighted by atomic mass is 16.5. The van der Waals surface area contributed by atoms with Gasteiger partial charge in [0.1, 0.15) is 0 Å². The summed E-state index contributed by atoms with van der Waals surface area (Å²) in [5.41, 5.74) is 2.64. The van der Waals surface area contributed by atoms with E-state index in [0.29, 0.717) is 22.9 Å². The third-order valence-electron chi connectivity index (χ3n) is 4.49. The number of benzene rings is 2. The van der Waals surface area contributed by atoms with Crippen LogP contribution in [0.25, 0.3) is 0 Å². The van der Waals surface area contributed by atoms with Crippen LogP contribution < -0.4 is 10.2 Å². The molecule has 0 aliphatic rings.